The van der Waals surface area contributed by atoms with Gasteiger partial charge in [-0.3, -0.25) is 4.79 Å². The van der Waals surface area contributed by atoms with Crippen LogP contribution in [0.5, 0.6) is 0 Å². The van der Waals surface area contributed by atoms with Crippen LogP contribution in [0.15, 0.2) is 60.7 Å². The predicted octanol–water partition coefficient (Wildman–Crippen LogP) is 1.87. The van der Waals surface area contributed by atoms with Crippen LogP contribution in [0, 0.1) is 0 Å². The predicted molar refractivity (Wildman–Crippen MR) is 106 cm³/mol. The van der Waals surface area contributed by atoms with E-state index in [0.717, 1.165) is 10.4 Å². The highest BCUT2D eigenvalue weighted by molar-refractivity contribution is 6.99. The molecule has 0 unspecified atom stereocenters. The molecule has 2 N–H and O–H groups in total. The molecule has 5 heteroatoms. The maximum atomic E-state index is 11.4. The van der Waals surface area contributed by atoms with Gasteiger partial charge in [0.05, 0.1) is 6.61 Å². The molecular weight excluding hydrogens is 344 g/mol. The molecule has 0 spiro atoms. The molecule has 0 aliphatic heterocycles. The van der Waals surface area contributed by atoms with Crippen molar-refractivity contribution < 1.29 is 19.4 Å². The van der Waals surface area contributed by atoms with Gasteiger partial charge < -0.3 is 14.6 Å². The van der Waals surface area contributed by atoms with E-state index in [9.17, 15) is 15.0 Å². The first-order chi connectivity index (χ1) is 12.2. The molecule has 4 nitrogen and oxygen atoms in total. The molecule has 0 aromatic heterocycles. The Bertz CT molecular complexity index is 670. The van der Waals surface area contributed by atoms with Gasteiger partial charge in [0.2, 0.25) is 0 Å². The zero-order valence-corrected chi connectivity index (χ0v) is 16.8. The quantitative estimate of drug-likeness (QED) is 0.728. The summed E-state index contributed by atoms with van der Waals surface area (Å²) >= 11 is 0. The summed E-state index contributed by atoms with van der Waals surface area (Å²) in [5.41, 5.74) is 0. The molecule has 0 fully saturated rings. The van der Waals surface area contributed by atoms with Crippen LogP contribution in [-0.2, 0) is 9.22 Å². The van der Waals surface area contributed by atoms with E-state index in [0.29, 0.717) is 0 Å². The Balaban J connectivity index is 2.52. The van der Waals surface area contributed by atoms with Crippen LogP contribution in [-0.4, -0.2) is 43.1 Å². The van der Waals surface area contributed by atoms with E-state index in [1.807, 2.05) is 36.4 Å². The number of ketones is 1. The Morgan fingerprint density at radius 3 is 1.73 bits per heavy atom. The Morgan fingerprint density at radius 1 is 0.962 bits per heavy atom. The molecule has 0 saturated heterocycles. The molecule has 0 aliphatic carbocycles. The molecule has 0 heterocycles. The number of aliphatic hydroxyl groups is 2. The standard InChI is InChI=1S/C21H28O4Si/c1-16(22)20(24)19(23)15-25-26(21(2,3)4,17-11-7-5-8-12-17)18-13-9-6-10-14-18/h5-14,19-20,23-24H,15H2,1-4H3/t19-,20-/m1/s1. The van der Waals surface area contributed by atoms with Crippen LogP contribution in [0.3, 0.4) is 0 Å². The van der Waals surface area contributed by atoms with Crippen molar-refractivity contribution in [2.45, 2.75) is 44.9 Å². The maximum Gasteiger partial charge on any atom is 0.261 e. The Hall–Kier alpha value is -1.79. The van der Waals surface area contributed by atoms with E-state index in [4.69, 9.17) is 4.43 Å². The average molecular weight is 373 g/mol. The summed E-state index contributed by atoms with van der Waals surface area (Å²) in [7, 11) is -2.78. The van der Waals surface area contributed by atoms with Gasteiger partial charge in [-0.2, -0.15) is 0 Å². The van der Waals surface area contributed by atoms with Crippen LogP contribution in [0.2, 0.25) is 5.04 Å². The van der Waals surface area contributed by atoms with Crippen molar-refractivity contribution in [1.82, 2.24) is 0 Å². The second kappa shape index (κ2) is 8.27. The highest BCUT2D eigenvalue weighted by Gasteiger charge is 2.50. The smallest absolute Gasteiger partial charge is 0.261 e. The zero-order chi connectivity index (χ0) is 19.4. The third-order valence-corrected chi connectivity index (χ3v) is 9.67. The van der Waals surface area contributed by atoms with Crippen molar-refractivity contribution in [2.75, 3.05) is 6.61 Å². The van der Waals surface area contributed by atoms with Gasteiger partial charge in [-0.25, -0.2) is 0 Å². The summed E-state index contributed by atoms with van der Waals surface area (Å²) in [4.78, 5) is 11.4. The van der Waals surface area contributed by atoms with Gasteiger partial charge in [0.25, 0.3) is 8.32 Å². The number of hydrogen-bond acceptors (Lipinski definition) is 4. The van der Waals surface area contributed by atoms with E-state index in [-0.39, 0.29) is 11.6 Å². The Morgan fingerprint density at radius 2 is 1.38 bits per heavy atom. The molecule has 0 radical (unpaired) electrons. The van der Waals surface area contributed by atoms with Crippen LogP contribution in [0.4, 0.5) is 0 Å². The SMILES string of the molecule is CC(=O)[C@@H](O)[C@H](O)CO[Si](c1ccccc1)(c1ccccc1)C(C)(C)C. The number of benzene rings is 2. The van der Waals surface area contributed by atoms with E-state index >= 15 is 0 Å². The molecule has 2 rings (SSSR count). The monoisotopic (exact) mass is 372 g/mol. The molecule has 2 aromatic carbocycles. The molecule has 0 aliphatic rings. The Labute approximate surface area is 156 Å². The first-order valence-corrected chi connectivity index (χ1v) is 10.7. The van der Waals surface area contributed by atoms with E-state index < -0.39 is 26.3 Å². The largest absolute Gasteiger partial charge is 0.405 e. The number of carbonyl (C=O) groups excluding carboxylic acids is 1. The second-order valence-corrected chi connectivity index (χ2v) is 11.9. The van der Waals surface area contributed by atoms with Crippen molar-refractivity contribution in [3.05, 3.63) is 60.7 Å². The van der Waals surface area contributed by atoms with Gasteiger partial charge in [0.1, 0.15) is 12.2 Å². The average Bonchev–Trinajstić information content (AvgIpc) is 2.62. The summed E-state index contributed by atoms with van der Waals surface area (Å²) in [6, 6.07) is 20.1. The van der Waals surface area contributed by atoms with Crippen molar-refractivity contribution >= 4 is 24.5 Å². The van der Waals surface area contributed by atoms with Crippen molar-refractivity contribution in [2.24, 2.45) is 0 Å². The van der Waals surface area contributed by atoms with Gasteiger partial charge >= 0.3 is 0 Å². The topological polar surface area (TPSA) is 66.8 Å². The maximum absolute atomic E-state index is 11.4. The van der Waals surface area contributed by atoms with Crippen molar-refractivity contribution in [3.8, 4) is 0 Å². The highest BCUT2D eigenvalue weighted by Crippen LogP contribution is 2.36. The second-order valence-electron chi connectivity index (χ2n) is 7.60. The summed E-state index contributed by atoms with van der Waals surface area (Å²) in [6.07, 6.45) is -2.69. The lowest BCUT2D eigenvalue weighted by Gasteiger charge is -2.43. The third-order valence-electron chi connectivity index (χ3n) is 4.67. The number of hydrogen-bond donors (Lipinski definition) is 2. The highest BCUT2D eigenvalue weighted by atomic mass is 28.4. The molecule has 0 saturated carbocycles. The lowest BCUT2D eigenvalue weighted by Crippen LogP contribution is -2.67. The van der Waals surface area contributed by atoms with Gasteiger partial charge in [-0.05, 0) is 22.3 Å². The number of rotatable bonds is 7. The minimum absolute atomic E-state index is 0.103. The summed E-state index contributed by atoms with van der Waals surface area (Å²) in [6.45, 7) is 7.55. The fraction of sp³-hybridized carbons (Fsp3) is 0.381. The fourth-order valence-electron chi connectivity index (χ4n) is 3.33. The van der Waals surface area contributed by atoms with Crippen LogP contribution >= 0.6 is 0 Å². The van der Waals surface area contributed by atoms with Gasteiger partial charge in [0, 0.05) is 0 Å². The molecular formula is C21H28O4Si. The fourth-order valence-corrected chi connectivity index (χ4v) is 7.91. The zero-order valence-electron chi connectivity index (χ0n) is 15.8. The van der Waals surface area contributed by atoms with Crippen molar-refractivity contribution in [1.29, 1.82) is 0 Å². The normalized spacial score (nSPS) is 14.7. The number of carbonyl (C=O) groups is 1. The Kier molecular flexibility index (Phi) is 6.52. The molecule has 2 aromatic rings. The summed E-state index contributed by atoms with van der Waals surface area (Å²) < 4.78 is 6.48. The van der Waals surface area contributed by atoms with Crippen LogP contribution in [0.25, 0.3) is 0 Å². The lowest BCUT2D eigenvalue weighted by molar-refractivity contribution is -0.131. The number of aliphatic hydroxyl groups excluding tert-OH is 2. The first-order valence-electron chi connectivity index (χ1n) is 8.81. The molecule has 2 atom stereocenters. The first kappa shape index (κ1) is 20.5. The lowest BCUT2D eigenvalue weighted by atomic mass is 10.1. The van der Waals surface area contributed by atoms with Gasteiger partial charge in [0.15, 0.2) is 5.78 Å². The van der Waals surface area contributed by atoms with E-state index in [2.05, 4.69) is 45.0 Å². The third kappa shape index (κ3) is 4.12. The van der Waals surface area contributed by atoms with E-state index in [1.165, 1.54) is 6.92 Å². The molecule has 0 bridgehead atoms. The minimum atomic E-state index is -2.78. The van der Waals surface area contributed by atoms with Crippen LogP contribution in [0.1, 0.15) is 27.7 Å². The van der Waals surface area contributed by atoms with E-state index in [1.54, 1.807) is 0 Å². The van der Waals surface area contributed by atoms with Gasteiger partial charge in [-0.1, -0.05) is 81.4 Å². The molecule has 26 heavy (non-hydrogen) atoms. The van der Waals surface area contributed by atoms with Gasteiger partial charge in [-0.15, -0.1) is 0 Å². The molecule has 0 amide bonds. The van der Waals surface area contributed by atoms with Crippen LogP contribution < -0.4 is 10.4 Å². The number of Topliss-reactive ketones (excluding diaryl/α,β-unsaturated/α-hetero) is 1. The van der Waals surface area contributed by atoms with Crippen molar-refractivity contribution in [3.63, 3.8) is 0 Å². The minimum Gasteiger partial charge on any atom is -0.405 e. The molecule has 140 valence electrons. The summed E-state index contributed by atoms with van der Waals surface area (Å²) in [5.74, 6) is -0.469. The summed E-state index contributed by atoms with van der Waals surface area (Å²) in [5, 5.41) is 22.1.